The molecule has 0 saturated carbocycles. The Kier molecular flexibility index (Phi) is 5.16. The first-order chi connectivity index (χ1) is 10.5. The van der Waals surface area contributed by atoms with Gasteiger partial charge in [-0.15, -0.1) is 0 Å². The summed E-state index contributed by atoms with van der Waals surface area (Å²) >= 11 is 0. The highest BCUT2D eigenvalue weighted by atomic mass is 16.4. The molecule has 1 aromatic heterocycles. The third-order valence-electron chi connectivity index (χ3n) is 3.65. The highest BCUT2D eigenvalue weighted by molar-refractivity contribution is 5.88. The summed E-state index contributed by atoms with van der Waals surface area (Å²) in [6, 6.07) is 5.98. The van der Waals surface area contributed by atoms with E-state index in [0.29, 0.717) is 6.42 Å². The topological polar surface area (TPSA) is 108 Å². The van der Waals surface area contributed by atoms with Crippen LogP contribution in [0.15, 0.2) is 30.5 Å². The van der Waals surface area contributed by atoms with Gasteiger partial charge in [-0.25, -0.2) is 4.79 Å². The molecule has 1 amide bonds. The lowest BCUT2D eigenvalue weighted by Gasteiger charge is -2.17. The number of aliphatic carboxylic acids is 1. The molecule has 0 aliphatic carbocycles. The van der Waals surface area contributed by atoms with Gasteiger partial charge in [0.1, 0.15) is 6.04 Å². The Labute approximate surface area is 128 Å². The second-order valence-electron chi connectivity index (χ2n) is 5.36. The summed E-state index contributed by atoms with van der Waals surface area (Å²) in [6.45, 7) is 1.92. The summed E-state index contributed by atoms with van der Waals surface area (Å²) < 4.78 is 0. The van der Waals surface area contributed by atoms with E-state index in [1.54, 1.807) is 6.20 Å². The van der Waals surface area contributed by atoms with E-state index in [-0.39, 0.29) is 6.42 Å². The molecule has 22 heavy (non-hydrogen) atoms. The van der Waals surface area contributed by atoms with E-state index in [1.807, 2.05) is 31.2 Å². The van der Waals surface area contributed by atoms with Crippen molar-refractivity contribution in [2.24, 2.45) is 5.73 Å². The number of carbonyl (C=O) groups excluding carboxylic acids is 1. The van der Waals surface area contributed by atoms with E-state index in [1.165, 1.54) is 0 Å². The zero-order chi connectivity index (χ0) is 16.1. The van der Waals surface area contributed by atoms with E-state index in [9.17, 15) is 14.7 Å². The van der Waals surface area contributed by atoms with Crippen molar-refractivity contribution in [3.63, 3.8) is 0 Å². The number of carboxylic acids is 1. The van der Waals surface area contributed by atoms with E-state index in [0.717, 1.165) is 22.9 Å². The van der Waals surface area contributed by atoms with Crippen LogP contribution in [0.25, 0.3) is 10.9 Å². The molecule has 2 unspecified atom stereocenters. The number of aromatic amines is 1. The van der Waals surface area contributed by atoms with E-state index in [2.05, 4.69) is 10.3 Å². The van der Waals surface area contributed by atoms with Gasteiger partial charge in [0.2, 0.25) is 5.91 Å². The lowest BCUT2D eigenvalue weighted by atomic mass is 10.0. The molecule has 0 fully saturated rings. The maximum Gasteiger partial charge on any atom is 0.326 e. The minimum Gasteiger partial charge on any atom is -0.480 e. The van der Waals surface area contributed by atoms with Crippen LogP contribution in [0.3, 0.4) is 0 Å². The van der Waals surface area contributed by atoms with Gasteiger partial charge < -0.3 is 21.1 Å². The molecule has 1 heterocycles. The molecule has 0 radical (unpaired) electrons. The molecule has 2 rings (SSSR count). The van der Waals surface area contributed by atoms with Crippen molar-refractivity contribution >= 4 is 22.8 Å². The molecule has 118 valence electrons. The smallest absolute Gasteiger partial charge is 0.326 e. The third kappa shape index (κ3) is 3.65. The maximum atomic E-state index is 11.9. The van der Waals surface area contributed by atoms with Crippen LogP contribution < -0.4 is 11.1 Å². The van der Waals surface area contributed by atoms with Gasteiger partial charge >= 0.3 is 5.97 Å². The number of amides is 1. The predicted molar refractivity (Wildman–Crippen MR) is 84.5 cm³/mol. The fourth-order valence-electron chi connectivity index (χ4n) is 2.44. The van der Waals surface area contributed by atoms with Gasteiger partial charge in [0.25, 0.3) is 0 Å². The van der Waals surface area contributed by atoms with Crippen molar-refractivity contribution < 1.29 is 14.7 Å². The highest BCUT2D eigenvalue weighted by Gasteiger charge is 2.24. The number of nitrogens with one attached hydrogen (secondary N) is 2. The summed E-state index contributed by atoms with van der Waals surface area (Å²) in [5.41, 5.74) is 7.52. The standard InChI is InChI=1S/C16H21N3O3/c1-2-5-12(17)15(20)19-14(16(21)22)8-10-9-18-13-7-4-3-6-11(10)13/h3-4,6-7,9,12,14,18H,2,5,8,17H2,1H3,(H,19,20)(H,21,22). The SMILES string of the molecule is CCCC(N)C(=O)NC(Cc1c[nH]c2ccccc12)C(=O)O. The molecular weight excluding hydrogens is 282 g/mol. The predicted octanol–water partition coefficient (Wildman–Crippen LogP) is 1.41. The fraction of sp³-hybridized carbons (Fsp3) is 0.375. The molecule has 2 aromatic rings. The van der Waals surface area contributed by atoms with Crippen molar-refractivity contribution in [2.75, 3.05) is 0 Å². The minimum absolute atomic E-state index is 0.212. The number of carboxylic acid groups (broad SMARTS) is 1. The van der Waals surface area contributed by atoms with Crippen molar-refractivity contribution in [3.8, 4) is 0 Å². The molecule has 0 saturated heterocycles. The Bertz CT molecular complexity index is 665. The molecule has 6 heteroatoms. The van der Waals surface area contributed by atoms with Crippen LogP contribution >= 0.6 is 0 Å². The van der Waals surface area contributed by atoms with Gasteiger partial charge in [-0.1, -0.05) is 31.5 Å². The number of rotatable bonds is 7. The summed E-state index contributed by atoms with van der Waals surface area (Å²) in [5, 5.41) is 12.8. The number of carbonyl (C=O) groups is 2. The monoisotopic (exact) mass is 303 g/mol. The Balaban J connectivity index is 2.12. The number of para-hydroxylation sites is 1. The second-order valence-corrected chi connectivity index (χ2v) is 5.36. The number of hydrogen-bond donors (Lipinski definition) is 4. The summed E-state index contributed by atoms with van der Waals surface area (Å²) in [4.78, 5) is 26.4. The van der Waals surface area contributed by atoms with Crippen molar-refractivity contribution in [1.82, 2.24) is 10.3 Å². The van der Waals surface area contributed by atoms with Crippen molar-refractivity contribution in [2.45, 2.75) is 38.3 Å². The van der Waals surface area contributed by atoms with Gasteiger partial charge in [0, 0.05) is 23.5 Å². The average molecular weight is 303 g/mol. The molecule has 1 aromatic carbocycles. The van der Waals surface area contributed by atoms with Crippen LogP contribution in [0, 0.1) is 0 Å². The van der Waals surface area contributed by atoms with Crippen molar-refractivity contribution in [3.05, 3.63) is 36.0 Å². The summed E-state index contributed by atoms with van der Waals surface area (Å²) in [7, 11) is 0. The molecule has 2 atom stereocenters. The minimum atomic E-state index is -1.07. The first kappa shape index (κ1) is 16.0. The summed E-state index contributed by atoms with van der Waals surface area (Å²) in [5.74, 6) is -1.49. The fourth-order valence-corrected chi connectivity index (χ4v) is 2.44. The normalized spacial score (nSPS) is 13.7. The zero-order valence-electron chi connectivity index (χ0n) is 12.5. The Morgan fingerprint density at radius 2 is 2.09 bits per heavy atom. The summed E-state index contributed by atoms with van der Waals surface area (Å²) in [6.07, 6.45) is 3.29. The number of benzene rings is 1. The molecular formula is C16H21N3O3. The molecule has 6 nitrogen and oxygen atoms in total. The van der Waals surface area contributed by atoms with Crippen LogP contribution in [0.2, 0.25) is 0 Å². The number of hydrogen-bond acceptors (Lipinski definition) is 3. The Hall–Kier alpha value is -2.34. The van der Waals surface area contributed by atoms with Gasteiger partial charge in [0.05, 0.1) is 6.04 Å². The molecule has 0 aliphatic rings. The molecule has 5 N–H and O–H groups in total. The quantitative estimate of drug-likeness (QED) is 0.620. The van der Waals surface area contributed by atoms with Gasteiger partial charge in [-0.3, -0.25) is 4.79 Å². The van der Waals surface area contributed by atoms with E-state index < -0.39 is 24.0 Å². The van der Waals surface area contributed by atoms with Crippen LogP contribution in [-0.2, 0) is 16.0 Å². The largest absolute Gasteiger partial charge is 0.480 e. The second kappa shape index (κ2) is 7.09. The van der Waals surface area contributed by atoms with Crippen LogP contribution in [-0.4, -0.2) is 34.1 Å². The Morgan fingerprint density at radius 1 is 1.36 bits per heavy atom. The van der Waals surface area contributed by atoms with Crippen LogP contribution in [0.4, 0.5) is 0 Å². The highest BCUT2D eigenvalue weighted by Crippen LogP contribution is 2.19. The average Bonchev–Trinajstić information content (AvgIpc) is 2.90. The van der Waals surface area contributed by atoms with Gasteiger partial charge in [-0.05, 0) is 18.1 Å². The molecule has 0 bridgehead atoms. The maximum absolute atomic E-state index is 11.9. The third-order valence-corrected chi connectivity index (χ3v) is 3.65. The molecule has 0 spiro atoms. The zero-order valence-corrected chi connectivity index (χ0v) is 12.5. The first-order valence-corrected chi connectivity index (χ1v) is 7.36. The number of fused-ring (bicyclic) bond motifs is 1. The number of nitrogens with two attached hydrogens (primary N) is 1. The lowest BCUT2D eigenvalue weighted by molar-refractivity contribution is -0.142. The van der Waals surface area contributed by atoms with E-state index in [4.69, 9.17) is 5.73 Å². The van der Waals surface area contributed by atoms with Gasteiger partial charge in [0.15, 0.2) is 0 Å². The lowest BCUT2D eigenvalue weighted by Crippen LogP contribution is -2.49. The van der Waals surface area contributed by atoms with Crippen LogP contribution in [0.1, 0.15) is 25.3 Å². The Morgan fingerprint density at radius 3 is 2.77 bits per heavy atom. The van der Waals surface area contributed by atoms with E-state index >= 15 is 0 Å². The molecule has 0 aliphatic heterocycles. The van der Waals surface area contributed by atoms with Crippen LogP contribution in [0.5, 0.6) is 0 Å². The number of H-pyrrole nitrogens is 1. The first-order valence-electron chi connectivity index (χ1n) is 7.36. The van der Waals surface area contributed by atoms with Gasteiger partial charge in [-0.2, -0.15) is 0 Å². The van der Waals surface area contributed by atoms with Crippen molar-refractivity contribution in [1.29, 1.82) is 0 Å². The number of aromatic nitrogens is 1.